The van der Waals surface area contributed by atoms with Crippen molar-refractivity contribution in [1.82, 2.24) is 4.98 Å². The number of unbranched alkanes of at least 4 members (excludes halogenated alkanes) is 1. The molecule has 1 heterocycles. The summed E-state index contributed by atoms with van der Waals surface area (Å²) in [4.78, 5) is 14.7. The van der Waals surface area contributed by atoms with Crippen molar-refractivity contribution in [2.75, 3.05) is 6.61 Å². The second kappa shape index (κ2) is 7.62. The number of carboxylic acid groups (broad SMARTS) is 1. The van der Waals surface area contributed by atoms with Crippen molar-refractivity contribution in [3.63, 3.8) is 0 Å². The third-order valence-electron chi connectivity index (χ3n) is 4.12. The number of hydrogen-bond donors (Lipinski definition) is 2. The molecule has 0 saturated carbocycles. The number of ether oxygens (including phenoxy) is 1. The number of aromatic amines is 1. The van der Waals surface area contributed by atoms with Gasteiger partial charge in [-0.1, -0.05) is 43.1 Å². The van der Waals surface area contributed by atoms with Crippen LogP contribution in [0.5, 0.6) is 5.75 Å². The van der Waals surface area contributed by atoms with Crippen molar-refractivity contribution in [1.29, 1.82) is 0 Å². The van der Waals surface area contributed by atoms with E-state index in [1.54, 1.807) is 6.07 Å². The number of aromatic nitrogens is 1. The second-order valence-corrected chi connectivity index (χ2v) is 6.35. The SMILES string of the molecule is CCCCOc1ccc2[nH]c(-c3ccccc3Cl)c(CC(=O)O)c2c1. The van der Waals surface area contributed by atoms with Gasteiger partial charge < -0.3 is 14.8 Å². The first kappa shape index (κ1) is 17.4. The van der Waals surface area contributed by atoms with Gasteiger partial charge in [0.2, 0.25) is 0 Å². The van der Waals surface area contributed by atoms with E-state index in [2.05, 4.69) is 11.9 Å². The van der Waals surface area contributed by atoms with E-state index in [4.69, 9.17) is 16.3 Å². The van der Waals surface area contributed by atoms with Gasteiger partial charge >= 0.3 is 5.97 Å². The Bertz CT molecular complexity index is 901. The standard InChI is InChI=1S/C20H20ClNO3/c1-2-3-10-25-13-8-9-18-15(11-13)16(12-19(23)24)20(22-18)14-6-4-5-7-17(14)21/h4-9,11,22H,2-3,10,12H2,1H3,(H,23,24). The third-order valence-corrected chi connectivity index (χ3v) is 4.45. The molecule has 3 aromatic rings. The van der Waals surface area contributed by atoms with Crippen molar-refractivity contribution in [2.45, 2.75) is 26.2 Å². The summed E-state index contributed by atoms with van der Waals surface area (Å²) in [5.41, 5.74) is 3.13. The highest BCUT2D eigenvalue weighted by Crippen LogP contribution is 2.36. The average Bonchev–Trinajstić information content (AvgIpc) is 2.93. The van der Waals surface area contributed by atoms with Crippen LogP contribution in [0.3, 0.4) is 0 Å². The fraction of sp³-hybridized carbons (Fsp3) is 0.250. The van der Waals surface area contributed by atoms with Gasteiger partial charge in [0, 0.05) is 21.5 Å². The first-order valence-corrected chi connectivity index (χ1v) is 8.72. The van der Waals surface area contributed by atoms with Crippen LogP contribution in [-0.4, -0.2) is 22.7 Å². The van der Waals surface area contributed by atoms with Crippen LogP contribution in [0.1, 0.15) is 25.3 Å². The number of carboxylic acids is 1. The average molecular weight is 358 g/mol. The molecule has 2 N–H and O–H groups in total. The van der Waals surface area contributed by atoms with Gasteiger partial charge in [0.05, 0.1) is 18.7 Å². The highest BCUT2D eigenvalue weighted by atomic mass is 35.5. The Morgan fingerprint density at radius 2 is 2.04 bits per heavy atom. The third kappa shape index (κ3) is 3.80. The highest BCUT2D eigenvalue weighted by molar-refractivity contribution is 6.33. The summed E-state index contributed by atoms with van der Waals surface area (Å²) in [7, 11) is 0. The van der Waals surface area contributed by atoms with Crippen LogP contribution in [0.25, 0.3) is 22.2 Å². The molecule has 0 fully saturated rings. The minimum absolute atomic E-state index is 0.0844. The first-order chi connectivity index (χ1) is 12.1. The van der Waals surface area contributed by atoms with Gasteiger partial charge in [-0.2, -0.15) is 0 Å². The fourth-order valence-electron chi connectivity index (χ4n) is 2.88. The van der Waals surface area contributed by atoms with Crippen molar-refractivity contribution < 1.29 is 14.6 Å². The van der Waals surface area contributed by atoms with Crippen LogP contribution in [0.4, 0.5) is 0 Å². The van der Waals surface area contributed by atoms with E-state index in [1.807, 2.05) is 36.4 Å². The number of fused-ring (bicyclic) bond motifs is 1. The van der Waals surface area contributed by atoms with Gasteiger partial charge in [0.25, 0.3) is 0 Å². The topological polar surface area (TPSA) is 62.3 Å². The maximum atomic E-state index is 11.4. The molecule has 1 aromatic heterocycles. The molecule has 0 atom stereocenters. The molecule has 25 heavy (non-hydrogen) atoms. The molecule has 5 heteroatoms. The van der Waals surface area contributed by atoms with E-state index < -0.39 is 5.97 Å². The molecular weight excluding hydrogens is 338 g/mol. The summed E-state index contributed by atoms with van der Waals surface area (Å²) in [5, 5.41) is 10.8. The second-order valence-electron chi connectivity index (χ2n) is 5.94. The number of carbonyl (C=O) groups is 1. The number of H-pyrrole nitrogens is 1. The lowest BCUT2D eigenvalue weighted by Crippen LogP contribution is -2.01. The molecule has 0 aliphatic heterocycles. The van der Waals surface area contributed by atoms with Gasteiger partial charge in [-0.25, -0.2) is 0 Å². The Kier molecular flexibility index (Phi) is 5.29. The normalized spacial score (nSPS) is 11.0. The molecule has 0 aliphatic rings. The molecule has 0 saturated heterocycles. The summed E-state index contributed by atoms with van der Waals surface area (Å²) < 4.78 is 5.77. The molecule has 0 amide bonds. The minimum Gasteiger partial charge on any atom is -0.494 e. The Morgan fingerprint density at radius 3 is 2.76 bits per heavy atom. The number of hydrogen-bond acceptors (Lipinski definition) is 2. The molecule has 4 nitrogen and oxygen atoms in total. The summed E-state index contributed by atoms with van der Waals surface area (Å²) in [5.74, 6) is -0.135. The highest BCUT2D eigenvalue weighted by Gasteiger charge is 2.18. The van der Waals surface area contributed by atoms with E-state index >= 15 is 0 Å². The Morgan fingerprint density at radius 1 is 1.24 bits per heavy atom. The Hall–Kier alpha value is -2.46. The predicted octanol–water partition coefficient (Wildman–Crippen LogP) is 5.29. The maximum absolute atomic E-state index is 11.4. The van der Waals surface area contributed by atoms with Crippen molar-refractivity contribution in [2.24, 2.45) is 0 Å². The van der Waals surface area contributed by atoms with Gasteiger partial charge in [0.15, 0.2) is 0 Å². The Balaban J connectivity index is 2.10. The molecule has 0 unspecified atom stereocenters. The zero-order chi connectivity index (χ0) is 17.8. The molecule has 0 spiro atoms. The molecule has 0 radical (unpaired) electrons. The molecule has 2 aromatic carbocycles. The van der Waals surface area contributed by atoms with Crippen molar-refractivity contribution in [3.8, 4) is 17.0 Å². The van der Waals surface area contributed by atoms with Gasteiger partial charge in [0.1, 0.15) is 5.75 Å². The van der Waals surface area contributed by atoms with Crippen LogP contribution < -0.4 is 4.74 Å². The summed E-state index contributed by atoms with van der Waals surface area (Å²) in [6.45, 7) is 2.76. The Labute approximate surface area is 151 Å². The van der Waals surface area contributed by atoms with Gasteiger partial charge in [-0.15, -0.1) is 0 Å². The number of benzene rings is 2. The first-order valence-electron chi connectivity index (χ1n) is 8.34. The molecule has 0 bridgehead atoms. The maximum Gasteiger partial charge on any atom is 0.307 e. The number of rotatable bonds is 7. The number of aliphatic carboxylic acids is 1. The molecule has 130 valence electrons. The van der Waals surface area contributed by atoms with Crippen molar-refractivity contribution in [3.05, 3.63) is 53.1 Å². The number of halogens is 1. The van der Waals surface area contributed by atoms with Crippen LogP contribution in [-0.2, 0) is 11.2 Å². The van der Waals surface area contributed by atoms with Gasteiger partial charge in [-0.05, 0) is 36.2 Å². The predicted molar refractivity (Wildman–Crippen MR) is 100 cm³/mol. The smallest absolute Gasteiger partial charge is 0.307 e. The van der Waals surface area contributed by atoms with Crippen LogP contribution >= 0.6 is 11.6 Å². The zero-order valence-electron chi connectivity index (χ0n) is 14.0. The van der Waals surface area contributed by atoms with E-state index in [0.29, 0.717) is 11.6 Å². The lowest BCUT2D eigenvalue weighted by Gasteiger charge is -2.06. The van der Waals surface area contributed by atoms with E-state index in [-0.39, 0.29) is 6.42 Å². The summed E-state index contributed by atoms with van der Waals surface area (Å²) >= 11 is 6.32. The quantitative estimate of drug-likeness (QED) is 0.564. The fourth-order valence-corrected chi connectivity index (χ4v) is 3.11. The summed E-state index contributed by atoms with van der Waals surface area (Å²) in [6.07, 6.45) is 1.96. The monoisotopic (exact) mass is 357 g/mol. The zero-order valence-corrected chi connectivity index (χ0v) is 14.8. The van der Waals surface area contributed by atoms with Crippen LogP contribution in [0.15, 0.2) is 42.5 Å². The lowest BCUT2D eigenvalue weighted by atomic mass is 10.0. The van der Waals surface area contributed by atoms with Crippen LogP contribution in [0.2, 0.25) is 5.02 Å². The van der Waals surface area contributed by atoms with E-state index in [9.17, 15) is 9.90 Å². The van der Waals surface area contributed by atoms with Gasteiger partial charge in [-0.3, -0.25) is 4.79 Å². The lowest BCUT2D eigenvalue weighted by molar-refractivity contribution is -0.136. The largest absolute Gasteiger partial charge is 0.494 e. The minimum atomic E-state index is -0.883. The molecular formula is C20H20ClNO3. The van der Waals surface area contributed by atoms with E-state index in [1.165, 1.54) is 0 Å². The number of nitrogens with one attached hydrogen (secondary N) is 1. The van der Waals surface area contributed by atoms with Crippen LogP contribution in [0, 0.1) is 0 Å². The summed E-state index contributed by atoms with van der Waals surface area (Å²) in [6, 6.07) is 13.1. The van der Waals surface area contributed by atoms with E-state index in [0.717, 1.165) is 46.3 Å². The van der Waals surface area contributed by atoms with Crippen molar-refractivity contribution >= 4 is 28.5 Å². The molecule has 0 aliphatic carbocycles. The molecule has 3 rings (SSSR count).